The Kier molecular flexibility index (Phi) is 3.82. The van der Waals surface area contributed by atoms with Crippen molar-refractivity contribution in [1.82, 2.24) is 5.32 Å². The summed E-state index contributed by atoms with van der Waals surface area (Å²) in [5, 5.41) is 11.7. The number of carbonyl (C=O) groups is 1. The van der Waals surface area contributed by atoms with Crippen molar-refractivity contribution < 1.29 is 4.79 Å². The van der Waals surface area contributed by atoms with Crippen molar-refractivity contribution >= 4 is 17.7 Å². The van der Waals surface area contributed by atoms with Crippen molar-refractivity contribution in [3.8, 4) is 6.07 Å². The van der Waals surface area contributed by atoms with Crippen molar-refractivity contribution in [2.45, 2.75) is 32.2 Å². The minimum absolute atomic E-state index is 0.0425. The van der Waals surface area contributed by atoms with E-state index in [0.717, 1.165) is 17.9 Å². The normalized spacial score (nSPS) is 25.1. The van der Waals surface area contributed by atoms with Gasteiger partial charge in [-0.15, -0.1) is 0 Å². The maximum Gasteiger partial charge on any atom is 0.225 e. The Labute approximate surface area is 89.2 Å². The largest absolute Gasteiger partial charge is 0.338 e. The fourth-order valence-corrected chi connectivity index (χ4v) is 2.53. The minimum Gasteiger partial charge on any atom is -0.338 e. The van der Waals surface area contributed by atoms with Gasteiger partial charge >= 0.3 is 0 Å². The van der Waals surface area contributed by atoms with Crippen LogP contribution in [0.5, 0.6) is 0 Å². The third kappa shape index (κ3) is 2.65. The van der Waals surface area contributed by atoms with Crippen LogP contribution >= 0.6 is 11.8 Å². The molecule has 3 nitrogen and oxygen atoms in total. The summed E-state index contributed by atoms with van der Waals surface area (Å²) in [6.45, 7) is 3.68. The van der Waals surface area contributed by atoms with E-state index in [-0.39, 0.29) is 11.8 Å². The Balaban J connectivity index is 2.51. The number of carbonyl (C=O) groups excluding carboxylic acids is 1. The van der Waals surface area contributed by atoms with E-state index in [1.54, 1.807) is 6.92 Å². The zero-order valence-corrected chi connectivity index (χ0v) is 9.49. The van der Waals surface area contributed by atoms with Crippen LogP contribution in [0.2, 0.25) is 0 Å². The van der Waals surface area contributed by atoms with Crippen LogP contribution in [0.4, 0.5) is 0 Å². The van der Waals surface area contributed by atoms with Crippen molar-refractivity contribution in [2.75, 3.05) is 11.5 Å². The molecular formula is C10H16N2OS. The molecule has 0 saturated carbocycles. The second-order valence-corrected chi connectivity index (χ2v) is 5.00. The zero-order chi connectivity index (χ0) is 10.6. The zero-order valence-electron chi connectivity index (χ0n) is 8.67. The van der Waals surface area contributed by atoms with Crippen molar-refractivity contribution in [1.29, 1.82) is 5.26 Å². The lowest BCUT2D eigenvalue weighted by Crippen LogP contribution is -2.46. The fourth-order valence-electron chi connectivity index (χ4n) is 1.31. The smallest absolute Gasteiger partial charge is 0.225 e. The lowest BCUT2D eigenvalue weighted by Gasteiger charge is -2.23. The van der Waals surface area contributed by atoms with Crippen LogP contribution in [0, 0.1) is 17.2 Å². The highest BCUT2D eigenvalue weighted by Gasteiger charge is 2.29. The van der Waals surface area contributed by atoms with Gasteiger partial charge in [0.1, 0.15) is 5.54 Å². The molecular weight excluding hydrogens is 196 g/mol. The number of amides is 1. The highest BCUT2D eigenvalue weighted by atomic mass is 32.2. The summed E-state index contributed by atoms with van der Waals surface area (Å²) in [7, 11) is 0. The maximum atomic E-state index is 11.7. The maximum absolute atomic E-state index is 11.7. The molecule has 1 heterocycles. The first kappa shape index (κ1) is 11.4. The van der Waals surface area contributed by atoms with Gasteiger partial charge in [0.25, 0.3) is 0 Å². The van der Waals surface area contributed by atoms with Gasteiger partial charge in [-0.05, 0) is 25.5 Å². The van der Waals surface area contributed by atoms with E-state index < -0.39 is 5.54 Å². The Bertz CT molecular complexity index is 255. The van der Waals surface area contributed by atoms with Gasteiger partial charge in [0, 0.05) is 11.7 Å². The van der Waals surface area contributed by atoms with E-state index in [4.69, 9.17) is 5.26 Å². The van der Waals surface area contributed by atoms with E-state index >= 15 is 0 Å². The Hall–Kier alpha value is -0.690. The van der Waals surface area contributed by atoms with Crippen molar-refractivity contribution in [2.24, 2.45) is 5.92 Å². The number of hydrogen-bond donors (Lipinski definition) is 1. The summed E-state index contributed by atoms with van der Waals surface area (Å²) >= 11 is 1.81. The fraction of sp³-hybridized carbons (Fsp3) is 0.800. The number of nitrogens with zero attached hydrogens (tertiary/aromatic N) is 1. The van der Waals surface area contributed by atoms with Crippen LogP contribution < -0.4 is 5.32 Å². The second kappa shape index (κ2) is 4.70. The first-order valence-corrected chi connectivity index (χ1v) is 6.08. The molecule has 0 aromatic rings. The molecule has 0 bridgehead atoms. The third-order valence-electron chi connectivity index (χ3n) is 2.65. The quantitative estimate of drug-likeness (QED) is 0.772. The molecule has 0 aliphatic carbocycles. The van der Waals surface area contributed by atoms with Crippen LogP contribution in [0.25, 0.3) is 0 Å². The summed E-state index contributed by atoms with van der Waals surface area (Å²) in [6, 6.07) is 2.14. The van der Waals surface area contributed by atoms with Crippen LogP contribution in [-0.4, -0.2) is 23.0 Å². The third-order valence-corrected chi connectivity index (χ3v) is 3.82. The Morgan fingerprint density at radius 2 is 2.50 bits per heavy atom. The molecule has 1 saturated heterocycles. The average Bonchev–Trinajstić information content (AvgIpc) is 2.70. The van der Waals surface area contributed by atoms with E-state index in [9.17, 15) is 4.79 Å². The summed E-state index contributed by atoms with van der Waals surface area (Å²) < 4.78 is 0. The summed E-state index contributed by atoms with van der Waals surface area (Å²) in [5.41, 5.74) is -0.690. The first-order chi connectivity index (χ1) is 6.61. The lowest BCUT2D eigenvalue weighted by molar-refractivity contribution is -0.125. The van der Waals surface area contributed by atoms with Crippen LogP contribution in [0.15, 0.2) is 0 Å². The molecule has 0 aromatic carbocycles. The SMILES string of the molecule is CCC(C)(C#N)NC(=O)C1CCSC1. The molecule has 2 atom stereocenters. The molecule has 2 unspecified atom stereocenters. The van der Waals surface area contributed by atoms with Gasteiger partial charge in [0.05, 0.1) is 6.07 Å². The van der Waals surface area contributed by atoms with E-state index in [1.165, 1.54) is 0 Å². The summed E-state index contributed by atoms with van der Waals surface area (Å²) in [5.74, 6) is 2.12. The van der Waals surface area contributed by atoms with Gasteiger partial charge in [0.2, 0.25) is 5.91 Å². The van der Waals surface area contributed by atoms with Crippen LogP contribution in [0.1, 0.15) is 26.7 Å². The highest BCUT2D eigenvalue weighted by molar-refractivity contribution is 7.99. The molecule has 1 rings (SSSR count). The minimum atomic E-state index is -0.690. The summed E-state index contributed by atoms with van der Waals surface area (Å²) in [6.07, 6.45) is 1.59. The van der Waals surface area contributed by atoms with Gasteiger partial charge in [0.15, 0.2) is 0 Å². The Morgan fingerprint density at radius 3 is 2.93 bits per heavy atom. The lowest BCUT2D eigenvalue weighted by atomic mass is 9.99. The molecule has 78 valence electrons. The highest BCUT2D eigenvalue weighted by Crippen LogP contribution is 2.24. The number of nitrogens with one attached hydrogen (secondary N) is 1. The van der Waals surface area contributed by atoms with E-state index in [0.29, 0.717) is 6.42 Å². The molecule has 1 N–H and O–H groups in total. The molecule has 1 fully saturated rings. The monoisotopic (exact) mass is 212 g/mol. The van der Waals surface area contributed by atoms with Gasteiger partial charge < -0.3 is 5.32 Å². The topological polar surface area (TPSA) is 52.9 Å². The standard InChI is InChI=1S/C10H16N2OS/c1-3-10(2,7-11)12-9(13)8-4-5-14-6-8/h8H,3-6H2,1-2H3,(H,12,13). The van der Waals surface area contributed by atoms with Crippen molar-refractivity contribution in [3.63, 3.8) is 0 Å². The molecule has 1 amide bonds. The predicted octanol–water partition coefficient (Wildman–Crippen LogP) is 1.55. The van der Waals surface area contributed by atoms with E-state index in [1.807, 2.05) is 18.7 Å². The number of rotatable bonds is 3. The molecule has 4 heteroatoms. The number of nitriles is 1. The molecule has 0 aromatic heterocycles. The van der Waals surface area contributed by atoms with Gasteiger partial charge in [-0.1, -0.05) is 6.92 Å². The predicted molar refractivity (Wildman–Crippen MR) is 57.9 cm³/mol. The van der Waals surface area contributed by atoms with Gasteiger partial charge in [-0.3, -0.25) is 4.79 Å². The number of thioether (sulfide) groups is 1. The van der Waals surface area contributed by atoms with Crippen molar-refractivity contribution in [3.05, 3.63) is 0 Å². The molecule has 0 radical (unpaired) electrons. The van der Waals surface area contributed by atoms with Crippen LogP contribution in [-0.2, 0) is 4.79 Å². The molecule has 1 aliphatic rings. The molecule has 0 spiro atoms. The molecule has 14 heavy (non-hydrogen) atoms. The second-order valence-electron chi connectivity index (χ2n) is 3.85. The molecule has 1 aliphatic heterocycles. The van der Waals surface area contributed by atoms with Gasteiger partial charge in [-0.25, -0.2) is 0 Å². The average molecular weight is 212 g/mol. The number of hydrogen-bond acceptors (Lipinski definition) is 3. The van der Waals surface area contributed by atoms with Gasteiger partial charge in [-0.2, -0.15) is 17.0 Å². The first-order valence-electron chi connectivity index (χ1n) is 4.92. The Morgan fingerprint density at radius 1 is 1.79 bits per heavy atom. The van der Waals surface area contributed by atoms with E-state index in [2.05, 4.69) is 11.4 Å². The van der Waals surface area contributed by atoms with Crippen LogP contribution in [0.3, 0.4) is 0 Å². The summed E-state index contributed by atoms with van der Waals surface area (Å²) in [4.78, 5) is 11.7.